The van der Waals surface area contributed by atoms with E-state index < -0.39 is 0 Å². The molecule has 1 heteroatoms. The summed E-state index contributed by atoms with van der Waals surface area (Å²) in [5.41, 5.74) is 0.481. The van der Waals surface area contributed by atoms with Crippen molar-refractivity contribution in [1.29, 1.82) is 0 Å². The van der Waals surface area contributed by atoms with E-state index in [4.69, 9.17) is 0 Å². The second-order valence-corrected chi connectivity index (χ2v) is 8.87. The first kappa shape index (κ1) is 20.0. The van der Waals surface area contributed by atoms with Gasteiger partial charge in [-0.1, -0.05) is 55.4 Å². The molecule has 0 aliphatic rings. The van der Waals surface area contributed by atoms with E-state index in [1.165, 1.54) is 45.3 Å². The minimum Gasteiger partial charge on any atom is -0.303 e. The zero-order valence-electron chi connectivity index (χ0n) is 15.6. The molecule has 1 nitrogen and oxygen atoms in total. The maximum Gasteiger partial charge on any atom is 0.000702 e. The Hall–Kier alpha value is -0.0400. The van der Waals surface area contributed by atoms with Crippen LogP contribution in [0.1, 0.15) is 81.1 Å². The Kier molecular flexibility index (Phi) is 9.80. The first-order chi connectivity index (χ1) is 9.10. The van der Waals surface area contributed by atoms with Crippen molar-refractivity contribution in [3.05, 3.63) is 0 Å². The van der Waals surface area contributed by atoms with E-state index in [0.29, 0.717) is 5.41 Å². The monoisotopic (exact) mass is 283 g/mol. The zero-order chi connectivity index (χ0) is 15.8. The molecule has 1 atom stereocenters. The van der Waals surface area contributed by atoms with E-state index in [-0.39, 0.29) is 0 Å². The largest absolute Gasteiger partial charge is 0.303 e. The van der Waals surface area contributed by atoms with Gasteiger partial charge in [0.1, 0.15) is 0 Å². The Balaban J connectivity index is 4.17. The summed E-state index contributed by atoms with van der Waals surface area (Å²) >= 11 is 0. The first-order valence-corrected chi connectivity index (χ1v) is 8.82. The summed E-state index contributed by atoms with van der Waals surface area (Å²) in [6.07, 6.45) is 5.38. The van der Waals surface area contributed by atoms with Crippen molar-refractivity contribution >= 4 is 0 Å². The number of rotatable bonds is 10. The summed E-state index contributed by atoms with van der Waals surface area (Å²) in [4.78, 5) is 2.72. The van der Waals surface area contributed by atoms with Crippen LogP contribution in [0.2, 0.25) is 0 Å². The van der Waals surface area contributed by atoms with Crippen LogP contribution in [0.15, 0.2) is 0 Å². The molecule has 0 aromatic heterocycles. The van der Waals surface area contributed by atoms with Crippen LogP contribution < -0.4 is 0 Å². The summed E-state index contributed by atoms with van der Waals surface area (Å²) < 4.78 is 0. The normalized spacial score (nSPS) is 14.6. The van der Waals surface area contributed by atoms with Gasteiger partial charge in [-0.15, -0.1) is 0 Å². The van der Waals surface area contributed by atoms with Crippen LogP contribution in [0.5, 0.6) is 0 Å². The van der Waals surface area contributed by atoms with Gasteiger partial charge in [0.2, 0.25) is 0 Å². The molecule has 0 bridgehead atoms. The fourth-order valence-corrected chi connectivity index (χ4v) is 2.39. The third-order valence-electron chi connectivity index (χ3n) is 4.00. The molecular weight excluding hydrogens is 242 g/mol. The smallest absolute Gasteiger partial charge is 0.000702 e. The van der Waals surface area contributed by atoms with E-state index in [1.807, 2.05) is 0 Å². The predicted molar refractivity (Wildman–Crippen MR) is 93.2 cm³/mol. The van der Waals surface area contributed by atoms with Crippen molar-refractivity contribution in [3.63, 3.8) is 0 Å². The van der Waals surface area contributed by atoms with Crippen LogP contribution in [0, 0.1) is 23.2 Å². The topological polar surface area (TPSA) is 3.24 Å². The van der Waals surface area contributed by atoms with E-state index in [0.717, 1.165) is 17.8 Å². The van der Waals surface area contributed by atoms with Gasteiger partial charge in [0, 0.05) is 6.54 Å². The van der Waals surface area contributed by atoms with Crippen molar-refractivity contribution in [2.24, 2.45) is 23.2 Å². The lowest BCUT2D eigenvalue weighted by atomic mass is 9.87. The van der Waals surface area contributed by atoms with Crippen LogP contribution in [-0.4, -0.2) is 24.5 Å². The summed E-state index contributed by atoms with van der Waals surface area (Å²) in [6.45, 7) is 22.7. The van der Waals surface area contributed by atoms with Crippen molar-refractivity contribution in [2.45, 2.75) is 81.1 Å². The molecule has 0 heterocycles. The highest BCUT2D eigenvalue weighted by molar-refractivity contribution is 4.69. The van der Waals surface area contributed by atoms with Gasteiger partial charge >= 0.3 is 0 Å². The molecule has 0 saturated carbocycles. The Bertz CT molecular complexity index is 212. The summed E-state index contributed by atoms with van der Waals surface area (Å²) in [5.74, 6) is 2.47. The van der Waals surface area contributed by atoms with Crippen LogP contribution in [-0.2, 0) is 0 Å². The Labute approximate surface area is 129 Å². The van der Waals surface area contributed by atoms with Crippen molar-refractivity contribution in [3.8, 4) is 0 Å². The third kappa shape index (κ3) is 13.0. The first-order valence-electron chi connectivity index (χ1n) is 8.82. The second kappa shape index (κ2) is 9.82. The van der Waals surface area contributed by atoms with E-state index >= 15 is 0 Å². The molecule has 0 aliphatic heterocycles. The average molecular weight is 284 g/mol. The summed E-state index contributed by atoms with van der Waals surface area (Å²) in [6, 6.07) is 0. The highest BCUT2D eigenvalue weighted by Crippen LogP contribution is 2.24. The molecule has 0 fully saturated rings. The molecule has 0 aliphatic carbocycles. The maximum absolute atomic E-state index is 2.72. The van der Waals surface area contributed by atoms with Crippen LogP contribution in [0.25, 0.3) is 0 Å². The Morgan fingerprint density at radius 2 is 1.20 bits per heavy atom. The molecular formula is C19H41N. The summed E-state index contributed by atoms with van der Waals surface area (Å²) in [7, 11) is 0. The van der Waals surface area contributed by atoms with Gasteiger partial charge in [-0.25, -0.2) is 0 Å². The Morgan fingerprint density at radius 3 is 1.55 bits per heavy atom. The van der Waals surface area contributed by atoms with Crippen LogP contribution in [0.4, 0.5) is 0 Å². The highest BCUT2D eigenvalue weighted by Gasteiger charge is 2.15. The fraction of sp³-hybridized carbons (Fsp3) is 1.00. The van der Waals surface area contributed by atoms with E-state index in [1.54, 1.807) is 0 Å². The van der Waals surface area contributed by atoms with Gasteiger partial charge in [0.15, 0.2) is 0 Å². The third-order valence-corrected chi connectivity index (χ3v) is 4.00. The van der Waals surface area contributed by atoms with Crippen molar-refractivity contribution in [2.75, 3.05) is 19.6 Å². The molecule has 1 unspecified atom stereocenters. The predicted octanol–water partition coefficient (Wildman–Crippen LogP) is 5.84. The van der Waals surface area contributed by atoms with Crippen molar-refractivity contribution < 1.29 is 0 Å². The lowest BCUT2D eigenvalue weighted by Crippen LogP contribution is -2.32. The molecule has 0 aromatic carbocycles. The van der Waals surface area contributed by atoms with E-state index in [2.05, 4.69) is 60.3 Å². The van der Waals surface area contributed by atoms with Crippen molar-refractivity contribution in [1.82, 2.24) is 4.90 Å². The SMILES string of the molecule is CC(C)CCN(CCC(C)C)CC(C)CCC(C)(C)C. The van der Waals surface area contributed by atoms with Crippen LogP contribution in [0.3, 0.4) is 0 Å². The summed E-state index contributed by atoms with van der Waals surface area (Å²) in [5, 5.41) is 0. The second-order valence-electron chi connectivity index (χ2n) is 8.87. The highest BCUT2D eigenvalue weighted by atomic mass is 15.1. The van der Waals surface area contributed by atoms with Gasteiger partial charge in [0.05, 0.1) is 0 Å². The van der Waals surface area contributed by atoms with Gasteiger partial charge in [-0.2, -0.15) is 0 Å². The molecule has 0 aromatic rings. The van der Waals surface area contributed by atoms with Gasteiger partial charge < -0.3 is 4.90 Å². The average Bonchev–Trinajstić information content (AvgIpc) is 2.28. The molecule has 0 N–H and O–H groups in total. The molecule has 0 radical (unpaired) electrons. The number of hydrogen-bond donors (Lipinski definition) is 0. The molecule has 0 rings (SSSR count). The molecule has 0 amide bonds. The lowest BCUT2D eigenvalue weighted by Gasteiger charge is -2.28. The van der Waals surface area contributed by atoms with Gasteiger partial charge in [-0.05, 0) is 61.9 Å². The molecule has 0 saturated heterocycles. The number of hydrogen-bond acceptors (Lipinski definition) is 1. The molecule has 0 spiro atoms. The van der Waals surface area contributed by atoms with Gasteiger partial charge in [0.25, 0.3) is 0 Å². The fourth-order valence-electron chi connectivity index (χ4n) is 2.39. The number of nitrogens with zero attached hydrogens (tertiary/aromatic N) is 1. The molecule has 20 heavy (non-hydrogen) atoms. The quantitative estimate of drug-likeness (QED) is 0.486. The minimum atomic E-state index is 0.481. The lowest BCUT2D eigenvalue weighted by molar-refractivity contribution is 0.199. The van der Waals surface area contributed by atoms with E-state index in [9.17, 15) is 0 Å². The standard InChI is InChI=1S/C19H41N/c1-16(2)10-13-20(14-11-17(3)4)15-18(5)9-12-19(6,7)8/h16-18H,9-15H2,1-8H3. The Morgan fingerprint density at radius 1 is 0.750 bits per heavy atom. The maximum atomic E-state index is 2.72. The zero-order valence-corrected chi connectivity index (χ0v) is 15.6. The van der Waals surface area contributed by atoms with Gasteiger partial charge in [-0.3, -0.25) is 0 Å². The molecule has 122 valence electrons. The minimum absolute atomic E-state index is 0.481. The van der Waals surface area contributed by atoms with Crippen LogP contribution >= 0.6 is 0 Å².